The molecule has 3 rings (SSSR count). The molecule has 0 spiro atoms. The van der Waals surface area contributed by atoms with Crippen LogP contribution in [-0.2, 0) is 17.8 Å². The van der Waals surface area contributed by atoms with Gasteiger partial charge in [0.25, 0.3) is 0 Å². The van der Waals surface area contributed by atoms with E-state index in [4.69, 9.17) is 9.47 Å². The maximum Gasteiger partial charge on any atom is 0.407 e. The Hall–Kier alpha value is -3.14. The molecule has 0 bridgehead atoms. The van der Waals surface area contributed by atoms with Crippen molar-refractivity contribution < 1.29 is 19.4 Å². The van der Waals surface area contributed by atoms with Crippen LogP contribution in [0.2, 0.25) is 0 Å². The first-order chi connectivity index (χ1) is 17.4. The number of methoxy groups -OCH3 is 1. The first kappa shape index (κ1) is 27.4. The highest BCUT2D eigenvalue weighted by atomic mass is 32.2. The smallest absolute Gasteiger partial charge is 0.407 e. The second-order valence-electron chi connectivity index (χ2n) is 8.84. The average molecular weight is 511 g/mol. The third-order valence-corrected chi connectivity index (χ3v) is 6.34. The predicted molar refractivity (Wildman–Crippen MR) is 141 cm³/mol. The summed E-state index contributed by atoms with van der Waals surface area (Å²) in [5.74, 6) is 1.18. The van der Waals surface area contributed by atoms with Crippen LogP contribution in [0, 0.1) is 5.92 Å². The fourth-order valence-electron chi connectivity index (χ4n) is 3.58. The normalized spacial score (nSPS) is 12.8. The van der Waals surface area contributed by atoms with Gasteiger partial charge >= 0.3 is 6.09 Å². The van der Waals surface area contributed by atoms with Crippen LogP contribution in [-0.4, -0.2) is 57.8 Å². The molecule has 8 nitrogen and oxygen atoms in total. The SMILES string of the molecule is COc1ccc(SN(CC(C)C)CC(O)[C@H](Cc2ccccc2)NC(=O)OCc2cncnc2)cc1. The van der Waals surface area contributed by atoms with E-state index in [1.165, 1.54) is 6.33 Å². The molecule has 1 amide bonds. The summed E-state index contributed by atoms with van der Waals surface area (Å²) in [5, 5.41) is 14.2. The van der Waals surface area contributed by atoms with Crippen LogP contribution >= 0.6 is 11.9 Å². The standard InChI is InChI=1S/C27H34N4O4S/c1-20(2)16-31(36-24-11-9-23(34-3)10-12-24)17-26(32)25(13-21-7-5-4-6-8-21)30-27(33)35-18-22-14-28-19-29-15-22/h4-12,14-15,19-20,25-26,32H,13,16-18H2,1-3H3,(H,30,33)/t25-,26?/m0/s1. The molecule has 2 aromatic carbocycles. The maximum absolute atomic E-state index is 12.6. The van der Waals surface area contributed by atoms with Crippen molar-refractivity contribution in [2.45, 2.75) is 43.9 Å². The van der Waals surface area contributed by atoms with Gasteiger partial charge in [-0.05, 0) is 54.1 Å². The van der Waals surface area contributed by atoms with Gasteiger partial charge in [-0.25, -0.2) is 19.1 Å². The number of hydrogen-bond donors (Lipinski definition) is 2. The van der Waals surface area contributed by atoms with Crippen LogP contribution in [0.5, 0.6) is 5.75 Å². The fourth-order valence-corrected chi connectivity index (χ4v) is 4.73. The molecular formula is C27H34N4O4S. The third kappa shape index (κ3) is 9.49. The first-order valence-corrected chi connectivity index (χ1v) is 12.7. The highest BCUT2D eigenvalue weighted by Crippen LogP contribution is 2.26. The van der Waals surface area contributed by atoms with Crippen LogP contribution in [0.1, 0.15) is 25.0 Å². The minimum Gasteiger partial charge on any atom is -0.497 e. The second kappa shape index (κ2) is 14.4. The van der Waals surface area contributed by atoms with Gasteiger partial charge in [-0.3, -0.25) is 0 Å². The Kier molecular flexibility index (Phi) is 11.0. The molecule has 36 heavy (non-hydrogen) atoms. The molecule has 0 fully saturated rings. The topological polar surface area (TPSA) is 96.8 Å². The zero-order valence-corrected chi connectivity index (χ0v) is 21.7. The van der Waals surface area contributed by atoms with Crippen LogP contribution in [0.15, 0.2) is 78.2 Å². The number of rotatable bonds is 13. The molecular weight excluding hydrogens is 476 g/mol. The quantitative estimate of drug-likeness (QED) is 0.328. The molecule has 9 heteroatoms. The highest BCUT2D eigenvalue weighted by molar-refractivity contribution is 7.97. The molecule has 0 aliphatic heterocycles. The number of nitrogens with one attached hydrogen (secondary N) is 1. The van der Waals surface area contributed by atoms with E-state index in [0.29, 0.717) is 24.4 Å². The van der Waals surface area contributed by atoms with Crippen molar-refractivity contribution in [1.82, 2.24) is 19.6 Å². The lowest BCUT2D eigenvalue weighted by Gasteiger charge is -2.30. The number of carbonyl (C=O) groups excluding carboxylic acids is 1. The van der Waals surface area contributed by atoms with Gasteiger partial charge in [-0.1, -0.05) is 44.2 Å². The lowest BCUT2D eigenvalue weighted by atomic mass is 10.0. The summed E-state index contributed by atoms with van der Waals surface area (Å²) in [6, 6.07) is 17.1. The molecule has 3 aromatic rings. The fraction of sp³-hybridized carbons (Fsp3) is 0.370. The van der Waals surface area contributed by atoms with Crippen molar-refractivity contribution in [1.29, 1.82) is 0 Å². The Labute approximate surface area is 217 Å². The van der Waals surface area contributed by atoms with Gasteiger partial charge in [0.15, 0.2) is 0 Å². The average Bonchev–Trinajstić information content (AvgIpc) is 2.88. The van der Waals surface area contributed by atoms with Gasteiger partial charge in [0.2, 0.25) is 0 Å². The molecule has 0 saturated carbocycles. The van der Waals surface area contributed by atoms with E-state index in [1.54, 1.807) is 31.5 Å². The van der Waals surface area contributed by atoms with Crippen molar-refractivity contribution in [2.75, 3.05) is 20.2 Å². The number of carbonyl (C=O) groups is 1. The number of nitrogens with zero attached hydrogens (tertiary/aromatic N) is 3. The Morgan fingerprint density at radius 3 is 2.36 bits per heavy atom. The number of benzene rings is 2. The van der Waals surface area contributed by atoms with Crippen LogP contribution in [0.25, 0.3) is 0 Å². The summed E-state index contributed by atoms with van der Waals surface area (Å²) < 4.78 is 12.7. The summed E-state index contributed by atoms with van der Waals surface area (Å²) in [5.41, 5.74) is 1.70. The Morgan fingerprint density at radius 1 is 1.03 bits per heavy atom. The molecule has 1 unspecified atom stereocenters. The van der Waals surface area contributed by atoms with Crippen molar-refractivity contribution in [3.8, 4) is 5.75 Å². The summed E-state index contributed by atoms with van der Waals surface area (Å²) in [4.78, 5) is 21.5. The zero-order chi connectivity index (χ0) is 25.8. The summed E-state index contributed by atoms with van der Waals surface area (Å²) >= 11 is 1.57. The van der Waals surface area contributed by atoms with Gasteiger partial charge in [0.05, 0.1) is 19.3 Å². The van der Waals surface area contributed by atoms with Gasteiger partial charge in [0.1, 0.15) is 18.7 Å². The third-order valence-electron chi connectivity index (χ3n) is 5.30. The van der Waals surface area contributed by atoms with E-state index in [9.17, 15) is 9.90 Å². The Bertz CT molecular complexity index is 1040. The molecule has 1 heterocycles. The molecule has 192 valence electrons. The van der Waals surface area contributed by atoms with Crippen LogP contribution in [0.3, 0.4) is 0 Å². The molecule has 0 aliphatic rings. The first-order valence-electron chi connectivity index (χ1n) is 11.9. The molecule has 2 N–H and O–H groups in total. The number of aliphatic hydroxyl groups is 1. The Morgan fingerprint density at radius 2 is 1.72 bits per heavy atom. The summed E-state index contributed by atoms with van der Waals surface area (Å²) in [6.45, 7) is 5.45. The number of ether oxygens (including phenoxy) is 2. The van der Waals surface area contributed by atoms with Gasteiger partial charge in [-0.2, -0.15) is 0 Å². The zero-order valence-electron chi connectivity index (χ0n) is 20.9. The van der Waals surface area contributed by atoms with Crippen molar-refractivity contribution >= 4 is 18.0 Å². The Balaban J connectivity index is 1.68. The molecule has 1 aromatic heterocycles. The minimum absolute atomic E-state index is 0.0492. The van der Waals surface area contributed by atoms with E-state index in [0.717, 1.165) is 22.8 Å². The van der Waals surface area contributed by atoms with Crippen molar-refractivity contribution in [2.24, 2.45) is 5.92 Å². The lowest BCUT2D eigenvalue weighted by Crippen LogP contribution is -2.49. The van der Waals surface area contributed by atoms with Crippen molar-refractivity contribution in [3.63, 3.8) is 0 Å². The molecule has 2 atom stereocenters. The molecule has 0 aliphatic carbocycles. The van der Waals surface area contributed by atoms with Crippen LogP contribution in [0.4, 0.5) is 4.79 Å². The van der Waals surface area contributed by atoms with E-state index >= 15 is 0 Å². The van der Waals surface area contributed by atoms with E-state index in [1.807, 2.05) is 54.6 Å². The number of aromatic nitrogens is 2. The van der Waals surface area contributed by atoms with Gasteiger partial charge in [-0.15, -0.1) is 0 Å². The number of aliphatic hydroxyl groups excluding tert-OH is 1. The lowest BCUT2D eigenvalue weighted by molar-refractivity contribution is 0.0891. The molecule has 0 saturated heterocycles. The van der Waals surface area contributed by atoms with Crippen molar-refractivity contribution in [3.05, 3.63) is 84.4 Å². The van der Waals surface area contributed by atoms with Crippen LogP contribution < -0.4 is 10.1 Å². The number of alkyl carbamates (subject to hydrolysis) is 1. The second-order valence-corrected chi connectivity index (χ2v) is 10.0. The largest absolute Gasteiger partial charge is 0.497 e. The number of hydrogen-bond acceptors (Lipinski definition) is 8. The van der Waals surface area contributed by atoms with E-state index < -0.39 is 18.2 Å². The minimum atomic E-state index is -0.831. The summed E-state index contributed by atoms with van der Waals surface area (Å²) in [6.07, 6.45) is 3.64. The predicted octanol–water partition coefficient (Wildman–Crippen LogP) is 4.35. The summed E-state index contributed by atoms with van der Waals surface area (Å²) in [7, 11) is 1.64. The van der Waals surface area contributed by atoms with Gasteiger partial charge < -0.3 is 19.9 Å². The highest BCUT2D eigenvalue weighted by Gasteiger charge is 2.26. The monoisotopic (exact) mass is 510 g/mol. The molecule has 0 radical (unpaired) electrons. The van der Waals surface area contributed by atoms with Gasteiger partial charge in [0, 0.05) is 35.9 Å². The maximum atomic E-state index is 12.6. The van der Waals surface area contributed by atoms with E-state index in [2.05, 4.69) is 33.4 Å². The number of amides is 1. The van der Waals surface area contributed by atoms with E-state index in [-0.39, 0.29) is 6.61 Å².